The normalized spacial score (nSPS) is 11.3. The Labute approximate surface area is 106 Å². The van der Waals surface area contributed by atoms with Gasteiger partial charge >= 0.3 is 0 Å². The highest BCUT2D eigenvalue weighted by atomic mass is 31.2. The van der Waals surface area contributed by atoms with Crippen molar-refractivity contribution in [1.29, 1.82) is 0 Å². The first kappa shape index (κ1) is 23.0. The number of phosphoric acid groups is 1. The lowest BCUT2D eigenvalue weighted by Gasteiger charge is -2.21. The number of likely N-dealkylation sites (N-methyl/N-ethyl adjacent to an activating group) is 1. The van der Waals surface area contributed by atoms with Crippen molar-refractivity contribution in [2.45, 2.75) is 6.10 Å². The molecule has 114 valence electrons. The van der Waals surface area contributed by atoms with Crippen LogP contribution in [0.25, 0.3) is 0 Å². The molecule has 0 heterocycles. The summed E-state index contributed by atoms with van der Waals surface area (Å²) < 4.78 is 9.61. The Kier molecular flexibility index (Phi) is 15.3. The summed E-state index contributed by atoms with van der Waals surface area (Å²) in [5.74, 6) is 0. The number of aliphatic hydroxyl groups is 4. The van der Waals surface area contributed by atoms with Gasteiger partial charge < -0.3 is 39.6 Å². The predicted octanol–water partition coefficient (Wildman–Crippen LogP) is -3.54. The molecule has 0 spiro atoms. The zero-order chi connectivity index (χ0) is 15.4. The Morgan fingerprint density at radius 3 is 1.39 bits per heavy atom. The van der Waals surface area contributed by atoms with Crippen LogP contribution in [0.4, 0.5) is 0 Å². The summed E-state index contributed by atoms with van der Waals surface area (Å²) in [5.41, 5.74) is 0. The molecule has 0 unspecified atom stereocenters. The monoisotopic (exact) mass is 293 g/mol. The smallest absolute Gasteiger partial charge is 0.262 e. The molecule has 18 heavy (non-hydrogen) atoms. The number of hydrogen-bond donors (Lipinski definition) is 6. The summed E-state index contributed by atoms with van der Waals surface area (Å²) in [6, 6.07) is 0. The molecule has 0 saturated carbocycles. The van der Waals surface area contributed by atoms with Crippen molar-refractivity contribution in [3.05, 3.63) is 0 Å². The molecule has 0 aromatic carbocycles. The molecule has 0 aliphatic carbocycles. The van der Waals surface area contributed by atoms with E-state index in [9.17, 15) is 0 Å². The fourth-order valence-corrected chi connectivity index (χ4v) is 0.358. The number of hydrogen-bond acceptors (Lipinski definition) is 6. The zero-order valence-corrected chi connectivity index (χ0v) is 11.7. The van der Waals surface area contributed by atoms with Gasteiger partial charge in [0.15, 0.2) is 0 Å². The molecule has 9 nitrogen and oxygen atoms in total. The first-order chi connectivity index (χ1) is 7.87. The van der Waals surface area contributed by atoms with Gasteiger partial charge in [0, 0.05) is 0 Å². The first-order valence-corrected chi connectivity index (χ1v) is 6.48. The van der Waals surface area contributed by atoms with Crippen LogP contribution in [0.15, 0.2) is 0 Å². The van der Waals surface area contributed by atoms with Gasteiger partial charge in [-0.25, -0.2) is 0 Å². The first-order valence-electron chi connectivity index (χ1n) is 4.95. The molecule has 10 heteroatoms. The van der Waals surface area contributed by atoms with Gasteiger partial charge in [0.25, 0.3) is 7.82 Å². The topological polar surface area (TPSA) is 162 Å². The van der Waals surface area contributed by atoms with Gasteiger partial charge in [-0.1, -0.05) is 0 Å². The number of aliphatic hydroxyl groups excluding tert-OH is 4. The third kappa shape index (κ3) is 56.5. The third-order valence-electron chi connectivity index (χ3n) is 1.19. The minimum absolute atomic E-state index is 0.281. The minimum atomic E-state index is -4.89. The maximum absolute atomic E-state index is 8.77. The van der Waals surface area contributed by atoms with Crippen LogP contribution in [0, 0.1) is 0 Å². The minimum Gasteiger partial charge on any atom is -0.756 e. The molecule has 0 radical (unpaired) electrons. The van der Waals surface area contributed by atoms with Gasteiger partial charge in [-0.05, 0) is 0 Å². The molecule has 0 fully saturated rings. The van der Waals surface area contributed by atoms with E-state index < -0.39 is 13.9 Å². The summed E-state index contributed by atoms with van der Waals surface area (Å²) in [4.78, 5) is 22.9. The number of nitrogens with zero attached hydrogens (tertiary/aromatic N) is 1. The predicted molar refractivity (Wildman–Crippen MR) is 62.2 cm³/mol. The van der Waals surface area contributed by atoms with Gasteiger partial charge in [0.1, 0.15) is 12.6 Å². The van der Waals surface area contributed by atoms with Crippen LogP contribution in [0.3, 0.4) is 0 Å². The van der Waals surface area contributed by atoms with Crippen molar-refractivity contribution in [2.24, 2.45) is 0 Å². The van der Waals surface area contributed by atoms with Gasteiger partial charge in [-0.2, -0.15) is 0 Å². The summed E-state index contributed by atoms with van der Waals surface area (Å²) in [7, 11) is 1.27. The van der Waals surface area contributed by atoms with E-state index in [0.29, 0.717) is 0 Å². The fourth-order valence-electron chi connectivity index (χ4n) is 0.358. The van der Waals surface area contributed by atoms with Crippen molar-refractivity contribution in [3.63, 3.8) is 0 Å². The van der Waals surface area contributed by atoms with Crippen molar-refractivity contribution in [2.75, 3.05) is 47.5 Å². The van der Waals surface area contributed by atoms with E-state index in [1.165, 1.54) is 0 Å². The maximum atomic E-state index is 8.77. The van der Waals surface area contributed by atoms with E-state index in [-0.39, 0.29) is 19.8 Å². The molecule has 6 N–H and O–H groups in total. The van der Waals surface area contributed by atoms with Crippen LogP contribution in [0.5, 0.6) is 0 Å². The Morgan fingerprint density at radius 2 is 1.39 bits per heavy atom. The van der Waals surface area contributed by atoms with E-state index in [2.05, 4.69) is 21.1 Å². The Morgan fingerprint density at radius 1 is 1.11 bits per heavy atom. The molecule has 0 saturated heterocycles. The second-order valence-electron chi connectivity index (χ2n) is 4.25. The van der Waals surface area contributed by atoms with Gasteiger partial charge in [-0.15, -0.1) is 0 Å². The lowest BCUT2D eigenvalue weighted by molar-refractivity contribution is -0.870. The van der Waals surface area contributed by atoms with Crippen LogP contribution in [0.2, 0.25) is 0 Å². The van der Waals surface area contributed by atoms with E-state index in [4.69, 9.17) is 39.7 Å². The highest BCUT2D eigenvalue weighted by molar-refractivity contribution is 7.43. The van der Waals surface area contributed by atoms with Crippen molar-refractivity contribution in [3.8, 4) is 0 Å². The summed E-state index contributed by atoms with van der Waals surface area (Å²) in [6.07, 6.45) is -0.954. The second kappa shape index (κ2) is 12.0. The van der Waals surface area contributed by atoms with E-state index in [1.807, 2.05) is 0 Å². The highest BCUT2D eigenvalue weighted by Crippen LogP contribution is 2.18. The average molecular weight is 293 g/mol. The quantitative estimate of drug-likeness (QED) is 0.229. The van der Waals surface area contributed by atoms with Crippen LogP contribution in [-0.4, -0.2) is 88.3 Å². The lowest BCUT2D eigenvalue weighted by atomic mass is 10.4. The van der Waals surface area contributed by atoms with Crippen LogP contribution < -0.4 is 4.89 Å². The fraction of sp³-hybridized carbons (Fsp3) is 1.00. The van der Waals surface area contributed by atoms with Gasteiger partial charge in [0.2, 0.25) is 0 Å². The summed E-state index contributed by atoms with van der Waals surface area (Å²) in [6.45, 7) is 0.385. The molecule has 0 rings (SSSR count). The summed E-state index contributed by atoms with van der Waals surface area (Å²) >= 11 is 0. The summed E-state index contributed by atoms with van der Waals surface area (Å²) in [5, 5.41) is 32.4. The molecule has 0 amide bonds. The molecule has 0 aliphatic heterocycles. The Bertz CT molecular complexity index is 201. The number of quaternary nitrogens is 1. The lowest BCUT2D eigenvalue weighted by Crippen LogP contribution is -2.36. The SMILES string of the molecule is C[N+](C)(C)CCO.O=P([O-])(O)O.OCC(O)CO. The van der Waals surface area contributed by atoms with Crippen molar-refractivity contribution >= 4 is 7.82 Å². The molecule has 0 aromatic heterocycles. The standard InChI is InChI=1S/C5H14NO.C3H8O3.H3O4P/c1-6(2,3)4-5-7;4-1-3(6)2-5;1-5(2,3)4/h7H,4-5H2,1-3H3;3-6H,1-2H2;(H3,1,2,3,4)/q+1;;/p-1. The van der Waals surface area contributed by atoms with E-state index >= 15 is 0 Å². The van der Waals surface area contributed by atoms with Crippen LogP contribution in [-0.2, 0) is 4.57 Å². The zero-order valence-electron chi connectivity index (χ0n) is 10.8. The van der Waals surface area contributed by atoms with E-state index in [0.717, 1.165) is 11.0 Å². The largest absolute Gasteiger partial charge is 0.756 e. The number of rotatable bonds is 4. The Hall–Kier alpha value is -0.0900. The Balaban J connectivity index is -0.000000190. The molecule has 0 aliphatic rings. The molecule has 0 aromatic rings. The van der Waals surface area contributed by atoms with Gasteiger partial charge in [0.05, 0.1) is 41.0 Å². The van der Waals surface area contributed by atoms with Crippen molar-refractivity contribution < 1.29 is 44.2 Å². The second-order valence-corrected chi connectivity index (χ2v) is 5.23. The molecular formula is C8H24NO8P. The van der Waals surface area contributed by atoms with Gasteiger partial charge in [-0.3, -0.25) is 4.57 Å². The molecule has 0 bridgehead atoms. The van der Waals surface area contributed by atoms with Crippen molar-refractivity contribution in [1.82, 2.24) is 0 Å². The van der Waals surface area contributed by atoms with E-state index in [1.54, 1.807) is 0 Å². The van der Waals surface area contributed by atoms with Crippen LogP contribution >= 0.6 is 7.82 Å². The average Bonchev–Trinajstić information content (AvgIpc) is 2.13. The highest BCUT2D eigenvalue weighted by Gasteiger charge is 2.02. The molecular weight excluding hydrogens is 269 g/mol. The van der Waals surface area contributed by atoms with Crippen LogP contribution in [0.1, 0.15) is 0 Å². The third-order valence-corrected chi connectivity index (χ3v) is 1.19. The maximum Gasteiger partial charge on any atom is 0.262 e. The molecule has 0 atom stereocenters.